The summed E-state index contributed by atoms with van der Waals surface area (Å²) < 4.78 is 26.6. The number of benzene rings is 4. The molecule has 0 atom stereocenters. The third-order valence-electron chi connectivity index (χ3n) is 6.18. The molecule has 0 saturated heterocycles. The van der Waals surface area contributed by atoms with Crippen LogP contribution in [0.3, 0.4) is 0 Å². The van der Waals surface area contributed by atoms with Crippen molar-refractivity contribution in [1.82, 2.24) is 10.7 Å². The van der Waals surface area contributed by atoms with Gasteiger partial charge < -0.3 is 29.0 Å². The van der Waals surface area contributed by atoms with Crippen LogP contribution in [0.2, 0.25) is 0 Å². The number of rotatable bonds is 11. The van der Waals surface area contributed by atoms with E-state index in [4.69, 9.17) is 23.7 Å². The summed E-state index contributed by atoms with van der Waals surface area (Å²) in [6.07, 6.45) is 1.39. The largest absolute Gasteiger partial charge is 0.497 e. The predicted molar refractivity (Wildman–Crippen MR) is 156 cm³/mol. The molecule has 11 nitrogen and oxygen atoms in total. The minimum absolute atomic E-state index is 0.208. The first kappa shape index (κ1) is 29.4. The molecule has 42 heavy (non-hydrogen) atoms. The second-order valence-corrected chi connectivity index (χ2v) is 8.71. The Balaban J connectivity index is 1.46. The summed E-state index contributed by atoms with van der Waals surface area (Å²) in [5, 5.41) is 8.21. The SMILES string of the molecule is COc1ccc(C(=O)Oc2ccc3ccccc3c2C=NNC(=O)CNC(=O)c2cc(OC)c(OC)c(OC)c2)cc1. The number of fused-ring (bicyclic) bond motifs is 1. The van der Waals surface area contributed by atoms with Crippen molar-refractivity contribution in [1.29, 1.82) is 0 Å². The summed E-state index contributed by atoms with van der Waals surface area (Å²) in [6.45, 7) is -0.359. The van der Waals surface area contributed by atoms with Gasteiger partial charge in [-0.3, -0.25) is 9.59 Å². The van der Waals surface area contributed by atoms with Gasteiger partial charge in [0.1, 0.15) is 11.5 Å². The molecule has 2 amide bonds. The standard InChI is InChI=1S/C31H29N3O8/c1-38-22-12-9-20(10-13-22)31(37)42-25-14-11-19-7-5-6-8-23(19)24(25)17-33-34-28(35)18-32-30(36)21-15-26(39-2)29(41-4)27(16-21)40-3/h5-17H,18H2,1-4H3,(H,32,36)(H,34,35). The smallest absolute Gasteiger partial charge is 0.343 e. The van der Waals surface area contributed by atoms with Gasteiger partial charge in [0.25, 0.3) is 11.8 Å². The summed E-state index contributed by atoms with van der Waals surface area (Å²) in [4.78, 5) is 38.0. The fraction of sp³-hybridized carbons (Fsp3) is 0.161. The molecule has 4 rings (SSSR count). The highest BCUT2D eigenvalue weighted by Crippen LogP contribution is 2.38. The zero-order valence-electron chi connectivity index (χ0n) is 23.4. The Hall–Kier alpha value is -5.58. The van der Waals surface area contributed by atoms with Crippen LogP contribution in [0.25, 0.3) is 10.8 Å². The summed E-state index contributed by atoms with van der Waals surface area (Å²) in [6, 6.07) is 20.4. The van der Waals surface area contributed by atoms with Gasteiger partial charge in [0, 0.05) is 11.1 Å². The number of carbonyl (C=O) groups excluding carboxylic acids is 3. The number of methoxy groups -OCH3 is 4. The van der Waals surface area contributed by atoms with Crippen LogP contribution in [0.15, 0.2) is 77.9 Å². The highest BCUT2D eigenvalue weighted by atomic mass is 16.5. The van der Waals surface area contributed by atoms with E-state index >= 15 is 0 Å². The van der Waals surface area contributed by atoms with Crippen LogP contribution in [0.5, 0.6) is 28.7 Å². The van der Waals surface area contributed by atoms with Gasteiger partial charge in [-0.1, -0.05) is 30.3 Å². The van der Waals surface area contributed by atoms with E-state index in [9.17, 15) is 14.4 Å². The quantitative estimate of drug-likeness (QED) is 0.120. The molecule has 0 heterocycles. The molecule has 0 unspecified atom stereocenters. The Morgan fingerprint density at radius 1 is 0.762 bits per heavy atom. The molecule has 0 aromatic heterocycles. The van der Waals surface area contributed by atoms with Crippen molar-refractivity contribution in [3.8, 4) is 28.7 Å². The molecule has 216 valence electrons. The van der Waals surface area contributed by atoms with E-state index in [1.807, 2.05) is 30.3 Å². The molecule has 0 aliphatic carbocycles. The molecule has 2 N–H and O–H groups in total. The molecular formula is C31H29N3O8. The first-order valence-corrected chi connectivity index (χ1v) is 12.7. The van der Waals surface area contributed by atoms with Gasteiger partial charge in [-0.2, -0.15) is 5.10 Å². The van der Waals surface area contributed by atoms with Gasteiger partial charge in [0.2, 0.25) is 5.75 Å². The maximum absolute atomic E-state index is 12.8. The normalized spacial score (nSPS) is 10.7. The molecule has 0 bridgehead atoms. The second kappa shape index (κ2) is 13.7. The fourth-order valence-electron chi connectivity index (χ4n) is 4.07. The van der Waals surface area contributed by atoms with Crippen LogP contribution in [0.1, 0.15) is 26.3 Å². The topological polar surface area (TPSA) is 134 Å². The number of nitrogens with zero attached hydrogens (tertiary/aromatic N) is 1. The van der Waals surface area contributed by atoms with Crippen molar-refractivity contribution >= 4 is 34.8 Å². The monoisotopic (exact) mass is 571 g/mol. The summed E-state index contributed by atoms with van der Waals surface area (Å²) in [7, 11) is 5.87. The Kier molecular flexibility index (Phi) is 9.57. The van der Waals surface area contributed by atoms with Crippen molar-refractivity contribution in [3.63, 3.8) is 0 Å². The van der Waals surface area contributed by atoms with Crippen LogP contribution in [-0.2, 0) is 4.79 Å². The van der Waals surface area contributed by atoms with Crippen molar-refractivity contribution in [2.24, 2.45) is 5.10 Å². The van der Waals surface area contributed by atoms with E-state index in [2.05, 4.69) is 15.8 Å². The van der Waals surface area contributed by atoms with Crippen molar-refractivity contribution in [2.75, 3.05) is 35.0 Å². The third kappa shape index (κ3) is 6.76. The Labute approximate surface area is 242 Å². The van der Waals surface area contributed by atoms with E-state index in [0.717, 1.165) is 10.8 Å². The first-order valence-electron chi connectivity index (χ1n) is 12.7. The lowest BCUT2D eigenvalue weighted by Crippen LogP contribution is -2.35. The number of nitrogens with one attached hydrogen (secondary N) is 2. The Bertz CT molecular complexity index is 1610. The maximum atomic E-state index is 12.8. The van der Waals surface area contributed by atoms with E-state index in [-0.39, 0.29) is 17.9 Å². The van der Waals surface area contributed by atoms with Crippen molar-refractivity contribution in [2.45, 2.75) is 0 Å². The lowest BCUT2D eigenvalue weighted by molar-refractivity contribution is -0.120. The summed E-state index contributed by atoms with van der Waals surface area (Å²) >= 11 is 0. The number of esters is 1. The molecule has 0 fully saturated rings. The van der Waals surface area contributed by atoms with E-state index < -0.39 is 17.8 Å². The van der Waals surface area contributed by atoms with Gasteiger partial charge in [-0.25, -0.2) is 10.2 Å². The molecule has 11 heteroatoms. The fourth-order valence-corrected chi connectivity index (χ4v) is 4.07. The predicted octanol–water partition coefficient (Wildman–Crippen LogP) is 3.97. The molecule has 0 saturated carbocycles. The van der Waals surface area contributed by atoms with Crippen LogP contribution in [0.4, 0.5) is 0 Å². The molecule has 4 aromatic rings. The number of carbonyl (C=O) groups is 3. The minimum Gasteiger partial charge on any atom is -0.497 e. The van der Waals surface area contributed by atoms with Crippen LogP contribution in [0, 0.1) is 0 Å². The molecule has 0 spiro atoms. The van der Waals surface area contributed by atoms with E-state index in [1.165, 1.54) is 46.8 Å². The second-order valence-electron chi connectivity index (χ2n) is 8.71. The van der Waals surface area contributed by atoms with E-state index in [0.29, 0.717) is 34.1 Å². The lowest BCUT2D eigenvalue weighted by Gasteiger charge is -2.14. The number of hydrazone groups is 1. The van der Waals surface area contributed by atoms with E-state index in [1.54, 1.807) is 30.3 Å². The van der Waals surface area contributed by atoms with Gasteiger partial charge in [0.05, 0.1) is 46.8 Å². The zero-order chi connectivity index (χ0) is 30.1. The van der Waals surface area contributed by atoms with Crippen LogP contribution in [-0.4, -0.2) is 59.0 Å². The lowest BCUT2D eigenvalue weighted by atomic mass is 10.0. The average molecular weight is 572 g/mol. The number of amides is 2. The van der Waals surface area contributed by atoms with Crippen LogP contribution < -0.4 is 34.4 Å². The van der Waals surface area contributed by atoms with Gasteiger partial charge in [0.15, 0.2) is 11.5 Å². The number of ether oxygens (including phenoxy) is 5. The summed E-state index contributed by atoms with van der Waals surface area (Å²) in [5.74, 6) is 0.124. The Morgan fingerprint density at radius 2 is 1.45 bits per heavy atom. The minimum atomic E-state index is -0.580. The van der Waals surface area contributed by atoms with Gasteiger partial charge >= 0.3 is 5.97 Å². The van der Waals surface area contributed by atoms with Crippen molar-refractivity contribution < 1.29 is 38.1 Å². The zero-order valence-corrected chi connectivity index (χ0v) is 23.4. The molecular weight excluding hydrogens is 542 g/mol. The molecule has 0 radical (unpaired) electrons. The third-order valence-corrected chi connectivity index (χ3v) is 6.18. The number of hydrogen-bond donors (Lipinski definition) is 2. The highest BCUT2D eigenvalue weighted by molar-refractivity contribution is 6.04. The first-order chi connectivity index (χ1) is 20.4. The highest BCUT2D eigenvalue weighted by Gasteiger charge is 2.18. The number of hydrogen-bond acceptors (Lipinski definition) is 9. The van der Waals surface area contributed by atoms with Crippen LogP contribution >= 0.6 is 0 Å². The molecule has 0 aliphatic heterocycles. The average Bonchev–Trinajstić information content (AvgIpc) is 3.03. The Morgan fingerprint density at radius 3 is 2.10 bits per heavy atom. The van der Waals surface area contributed by atoms with Crippen molar-refractivity contribution in [3.05, 3.63) is 89.5 Å². The van der Waals surface area contributed by atoms with Gasteiger partial charge in [-0.05, 0) is 53.2 Å². The maximum Gasteiger partial charge on any atom is 0.343 e. The molecule has 4 aromatic carbocycles. The molecule has 0 aliphatic rings. The van der Waals surface area contributed by atoms with Gasteiger partial charge in [-0.15, -0.1) is 0 Å². The summed E-state index contributed by atoms with van der Waals surface area (Å²) in [5.41, 5.74) is 3.41.